The van der Waals surface area contributed by atoms with Crippen molar-refractivity contribution in [3.8, 4) is 5.75 Å². The summed E-state index contributed by atoms with van der Waals surface area (Å²) in [6.45, 7) is 6.41. The summed E-state index contributed by atoms with van der Waals surface area (Å²) in [6, 6.07) is 15.6. The minimum absolute atomic E-state index is 0.162. The molecule has 27 heavy (non-hydrogen) atoms. The topological polar surface area (TPSA) is 47.0 Å². The van der Waals surface area contributed by atoms with Crippen LogP contribution in [0.15, 0.2) is 48.5 Å². The number of aromatic hydroxyl groups is 1. The third-order valence-electron chi connectivity index (χ3n) is 5.60. The SMILES string of the molecule is O=C(c1ccc(CN2CCN(c3ccccc3O)CC2)cc1)N1CCCC1. The number of amides is 1. The van der Waals surface area contributed by atoms with Gasteiger partial charge in [-0.15, -0.1) is 0 Å². The van der Waals surface area contributed by atoms with E-state index in [-0.39, 0.29) is 5.91 Å². The van der Waals surface area contributed by atoms with E-state index in [4.69, 9.17) is 0 Å². The summed E-state index contributed by atoms with van der Waals surface area (Å²) in [4.78, 5) is 19.1. The van der Waals surface area contributed by atoms with Crippen LogP contribution >= 0.6 is 0 Å². The van der Waals surface area contributed by atoms with E-state index in [2.05, 4.69) is 21.9 Å². The number of hydrogen-bond acceptors (Lipinski definition) is 4. The molecule has 5 heteroatoms. The van der Waals surface area contributed by atoms with Crippen molar-refractivity contribution in [1.29, 1.82) is 0 Å². The highest BCUT2D eigenvalue weighted by atomic mass is 16.3. The maximum atomic E-state index is 12.4. The first kappa shape index (κ1) is 17.9. The van der Waals surface area contributed by atoms with E-state index in [0.717, 1.165) is 69.9 Å². The summed E-state index contributed by atoms with van der Waals surface area (Å²) in [6.07, 6.45) is 2.24. The molecule has 0 bridgehead atoms. The van der Waals surface area contributed by atoms with Gasteiger partial charge in [0.15, 0.2) is 0 Å². The quantitative estimate of drug-likeness (QED) is 0.905. The van der Waals surface area contributed by atoms with Crippen LogP contribution in [0, 0.1) is 0 Å². The van der Waals surface area contributed by atoms with Crippen LogP contribution in [-0.4, -0.2) is 60.1 Å². The van der Waals surface area contributed by atoms with Crippen LogP contribution < -0.4 is 4.90 Å². The van der Waals surface area contributed by atoms with Crippen LogP contribution in [0.2, 0.25) is 0 Å². The smallest absolute Gasteiger partial charge is 0.253 e. The van der Waals surface area contributed by atoms with Crippen molar-refractivity contribution in [2.45, 2.75) is 19.4 Å². The molecule has 2 saturated heterocycles. The van der Waals surface area contributed by atoms with Crippen molar-refractivity contribution in [2.75, 3.05) is 44.2 Å². The van der Waals surface area contributed by atoms with Gasteiger partial charge in [0.25, 0.3) is 5.91 Å². The molecule has 2 aliphatic heterocycles. The summed E-state index contributed by atoms with van der Waals surface area (Å²) in [5, 5.41) is 10.0. The lowest BCUT2D eigenvalue weighted by atomic mass is 10.1. The summed E-state index contributed by atoms with van der Waals surface area (Å²) in [7, 11) is 0. The standard InChI is InChI=1S/C22H27N3O2/c26-21-6-2-1-5-20(21)24-15-13-23(14-16-24)17-18-7-9-19(10-8-18)22(27)25-11-3-4-12-25/h1-2,5-10,26H,3-4,11-17H2. The first-order valence-electron chi connectivity index (χ1n) is 9.84. The van der Waals surface area contributed by atoms with Gasteiger partial charge in [-0.2, -0.15) is 0 Å². The fourth-order valence-corrected chi connectivity index (χ4v) is 3.99. The zero-order valence-corrected chi connectivity index (χ0v) is 15.7. The van der Waals surface area contributed by atoms with Gasteiger partial charge >= 0.3 is 0 Å². The number of para-hydroxylation sites is 2. The van der Waals surface area contributed by atoms with Crippen molar-refractivity contribution in [1.82, 2.24) is 9.80 Å². The fraction of sp³-hybridized carbons (Fsp3) is 0.409. The highest BCUT2D eigenvalue weighted by Crippen LogP contribution is 2.27. The van der Waals surface area contributed by atoms with E-state index in [9.17, 15) is 9.90 Å². The Bertz CT molecular complexity index is 776. The molecule has 0 aliphatic carbocycles. The fourth-order valence-electron chi connectivity index (χ4n) is 3.99. The number of carbonyl (C=O) groups is 1. The molecule has 2 heterocycles. The average molecular weight is 365 g/mol. The molecule has 2 aromatic carbocycles. The molecule has 142 valence electrons. The third-order valence-corrected chi connectivity index (χ3v) is 5.60. The number of benzene rings is 2. The molecule has 1 amide bonds. The van der Waals surface area contributed by atoms with Crippen LogP contribution in [-0.2, 0) is 6.54 Å². The van der Waals surface area contributed by atoms with Crippen LogP contribution in [0.4, 0.5) is 5.69 Å². The van der Waals surface area contributed by atoms with Crippen molar-refractivity contribution < 1.29 is 9.90 Å². The maximum absolute atomic E-state index is 12.4. The van der Waals surface area contributed by atoms with Crippen LogP contribution in [0.5, 0.6) is 5.75 Å². The summed E-state index contributed by atoms with van der Waals surface area (Å²) < 4.78 is 0. The molecule has 1 N–H and O–H groups in total. The largest absolute Gasteiger partial charge is 0.506 e. The number of phenolic OH excluding ortho intramolecular Hbond substituents is 1. The van der Waals surface area contributed by atoms with Crippen molar-refractivity contribution >= 4 is 11.6 Å². The average Bonchev–Trinajstić information content (AvgIpc) is 3.24. The van der Waals surface area contributed by atoms with E-state index in [1.165, 1.54) is 5.56 Å². The number of hydrogen-bond donors (Lipinski definition) is 1. The Kier molecular flexibility index (Phi) is 5.30. The Morgan fingerprint density at radius 2 is 1.52 bits per heavy atom. The molecule has 0 atom stereocenters. The van der Waals surface area contributed by atoms with E-state index >= 15 is 0 Å². The number of rotatable bonds is 4. The van der Waals surface area contributed by atoms with Crippen LogP contribution in [0.1, 0.15) is 28.8 Å². The summed E-state index contributed by atoms with van der Waals surface area (Å²) >= 11 is 0. The van der Waals surface area contributed by atoms with E-state index in [0.29, 0.717) is 5.75 Å². The highest BCUT2D eigenvalue weighted by Gasteiger charge is 2.21. The Balaban J connectivity index is 1.31. The monoisotopic (exact) mass is 365 g/mol. The van der Waals surface area contributed by atoms with Gasteiger partial charge in [0.2, 0.25) is 0 Å². The Hall–Kier alpha value is -2.53. The number of piperazine rings is 1. The lowest BCUT2D eigenvalue weighted by molar-refractivity contribution is 0.0793. The van der Waals surface area contributed by atoms with Crippen molar-refractivity contribution in [3.05, 3.63) is 59.7 Å². The van der Waals surface area contributed by atoms with Gasteiger partial charge in [-0.1, -0.05) is 24.3 Å². The predicted molar refractivity (Wildman–Crippen MR) is 107 cm³/mol. The molecule has 2 aliphatic rings. The van der Waals surface area contributed by atoms with Crippen LogP contribution in [0.25, 0.3) is 0 Å². The molecule has 0 radical (unpaired) electrons. The first-order chi connectivity index (χ1) is 13.2. The first-order valence-corrected chi connectivity index (χ1v) is 9.84. The van der Waals surface area contributed by atoms with Gasteiger partial charge in [-0.25, -0.2) is 0 Å². The number of carbonyl (C=O) groups excluding carboxylic acids is 1. The summed E-state index contributed by atoms with van der Waals surface area (Å²) in [5.41, 5.74) is 2.95. The highest BCUT2D eigenvalue weighted by molar-refractivity contribution is 5.94. The summed E-state index contributed by atoms with van der Waals surface area (Å²) in [5.74, 6) is 0.513. The molecule has 4 rings (SSSR count). The molecular formula is C22H27N3O2. The Morgan fingerprint density at radius 1 is 0.852 bits per heavy atom. The molecule has 2 fully saturated rings. The number of phenols is 1. The van der Waals surface area contributed by atoms with Gasteiger partial charge in [0, 0.05) is 51.4 Å². The van der Waals surface area contributed by atoms with E-state index < -0.39 is 0 Å². The zero-order chi connectivity index (χ0) is 18.6. The number of anilines is 1. The van der Waals surface area contributed by atoms with Crippen molar-refractivity contribution in [3.63, 3.8) is 0 Å². The lowest BCUT2D eigenvalue weighted by Gasteiger charge is -2.36. The molecule has 0 spiro atoms. The molecule has 0 saturated carbocycles. The van der Waals surface area contributed by atoms with Gasteiger partial charge in [-0.05, 0) is 42.7 Å². The molecule has 0 aromatic heterocycles. The molecule has 2 aromatic rings. The van der Waals surface area contributed by atoms with Gasteiger partial charge in [0.1, 0.15) is 5.75 Å². The maximum Gasteiger partial charge on any atom is 0.253 e. The third kappa shape index (κ3) is 4.08. The lowest BCUT2D eigenvalue weighted by Crippen LogP contribution is -2.46. The normalized spacial score (nSPS) is 18.1. The van der Waals surface area contributed by atoms with Crippen LogP contribution in [0.3, 0.4) is 0 Å². The second kappa shape index (κ2) is 8.01. The predicted octanol–water partition coefficient (Wildman–Crippen LogP) is 2.95. The van der Waals surface area contributed by atoms with Gasteiger partial charge in [0.05, 0.1) is 5.69 Å². The Labute approximate surface area is 160 Å². The molecule has 5 nitrogen and oxygen atoms in total. The molecular weight excluding hydrogens is 338 g/mol. The minimum Gasteiger partial charge on any atom is -0.506 e. The van der Waals surface area contributed by atoms with Crippen molar-refractivity contribution in [2.24, 2.45) is 0 Å². The molecule has 0 unspecified atom stereocenters. The van der Waals surface area contributed by atoms with Gasteiger partial charge in [-0.3, -0.25) is 9.69 Å². The Morgan fingerprint density at radius 3 is 2.19 bits per heavy atom. The van der Waals surface area contributed by atoms with E-state index in [1.54, 1.807) is 6.07 Å². The minimum atomic E-state index is 0.162. The second-order valence-corrected chi connectivity index (χ2v) is 7.45. The number of nitrogens with zero attached hydrogens (tertiary/aromatic N) is 3. The van der Waals surface area contributed by atoms with Gasteiger partial charge < -0.3 is 14.9 Å². The van der Waals surface area contributed by atoms with E-state index in [1.807, 2.05) is 35.2 Å². The zero-order valence-electron chi connectivity index (χ0n) is 15.7. The number of likely N-dealkylation sites (tertiary alicyclic amines) is 1. The second-order valence-electron chi connectivity index (χ2n) is 7.45.